The number of benzene rings is 1. The molecule has 0 saturated heterocycles. The minimum atomic E-state index is 0.364. The molecule has 148 valence electrons. The lowest BCUT2D eigenvalue weighted by Gasteiger charge is -2.18. The summed E-state index contributed by atoms with van der Waals surface area (Å²) in [5.74, 6) is 1.91. The molecule has 0 bridgehead atoms. The van der Waals surface area contributed by atoms with Crippen LogP contribution in [0, 0.1) is 0 Å². The fourth-order valence-corrected chi connectivity index (χ4v) is 2.80. The highest BCUT2D eigenvalue weighted by atomic mass is 16.5. The van der Waals surface area contributed by atoms with Crippen LogP contribution in [0.1, 0.15) is 56.2 Å². The van der Waals surface area contributed by atoms with Gasteiger partial charge in [-0.2, -0.15) is 0 Å². The van der Waals surface area contributed by atoms with Crippen molar-refractivity contribution in [1.29, 1.82) is 0 Å². The first-order valence-electron chi connectivity index (χ1n) is 9.75. The van der Waals surface area contributed by atoms with E-state index in [-0.39, 0.29) is 0 Å². The zero-order chi connectivity index (χ0) is 19.6. The van der Waals surface area contributed by atoms with Gasteiger partial charge in [0.05, 0.1) is 12.2 Å². The lowest BCUT2D eigenvalue weighted by atomic mass is 10.1. The van der Waals surface area contributed by atoms with E-state index in [1.807, 2.05) is 6.07 Å². The molecular weight excluding hydrogens is 338 g/mol. The van der Waals surface area contributed by atoms with E-state index in [2.05, 4.69) is 77.6 Å². The molecule has 0 radical (unpaired) electrons. The molecule has 6 heteroatoms. The third-order valence-corrected chi connectivity index (χ3v) is 4.57. The summed E-state index contributed by atoms with van der Waals surface area (Å²) < 4.78 is 5.36. The van der Waals surface area contributed by atoms with Gasteiger partial charge in [-0.25, -0.2) is 0 Å². The fourth-order valence-electron chi connectivity index (χ4n) is 2.80. The van der Waals surface area contributed by atoms with Gasteiger partial charge in [-0.05, 0) is 30.1 Å². The van der Waals surface area contributed by atoms with E-state index in [1.54, 1.807) is 7.05 Å². The van der Waals surface area contributed by atoms with Crippen LogP contribution in [0.3, 0.4) is 0 Å². The van der Waals surface area contributed by atoms with Gasteiger partial charge < -0.3 is 15.2 Å². The van der Waals surface area contributed by atoms with Gasteiger partial charge in [0, 0.05) is 26.2 Å². The Morgan fingerprint density at radius 2 is 1.81 bits per heavy atom. The van der Waals surface area contributed by atoms with Gasteiger partial charge in [-0.3, -0.25) is 9.89 Å². The normalized spacial score (nSPS) is 12.0. The van der Waals surface area contributed by atoms with Crippen LogP contribution < -0.4 is 10.6 Å². The van der Waals surface area contributed by atoms with Crippen LogP contribution in [0.25, 0.3) is 0 Å². The van der Waals surface area contributed by atoms with Crippen molar-refractivity contribution in [1.82, 2.24) is 20.7 Å². The molecule has 0 saturated carbocycles. The second kappa shape index (κ2) is 10.7. The zero-order valence-corrected chi connectivity index (χ0v) is 17.2. The van der Waals surface area contributed by atoms with Crippen LogP contribution in [-0.2, 0) is 19.6 Å². The number of aliphatic imine (C=N–C) groups is 1. The summed E-state index contributed by atoms with van der Waals surface area (Å²) in [6, 6.07) is 10.7. The van der Waals surface area contributed by atoms with E-state index in [1.165, 1.54) is 11.1 Å². The van der Waals surface area contributed by atoms with Crippen molar-refractivity contribution in [3.8, 4) is 0 Å². The van der Waals surface area contributed by atoms with Crippen LogP contribution in [-0.4, -0.2) is 36.2 Å². The van der Waals surface area contributed by atoms with Gasteiger partial charge in [0.15, 0.2) is 11.7 Å². The van der Waals surface area contributed by atoms with Crippen molar-refractivity contribution in [2.75, 3.05) is 20.1 Å². The van der Waals surface area contributed by atoms with Crippen molar-refractivity contribution < 1.29 is 4.52 Å². The van der Waals surface area contributed by atoms with Crippen molar-refractivity contribution in [3.63, 3.8) is 0 Å². The van der Waals surface area contributed by atoms with Crippen molar-refractivity contribution >= 4 is 5.96 Å². The number of nitrogens with one attached hydrogen (secondary N) is 2. The van der Waals surface area contributed by atoms with Gasteiger partial charge in [-0.1, -0.05) is 57.1 Å². The molecule has 0 fully saturated rings. The molecule has 0 aliphatic rings. The molecular formula is C21H33N5O. The Morgan fingerprint density at radius 1 is 1.11 bits per heavy atom. The number of nitrogens with zero attached hydrogens (tertiary/aromatic N) is 3. The highest BCUT2D eigenvalue weighted by Crippen LogP contribution is 2.13. The Morgan fingerprint density at radius 3 is 2.44 bits per heavy atom. The topological polar surface area (TPSA) is 65.7 Å². The van der Waals surface area contributed by atoms with E-state index in [0.29, 0.717) is 12.5 Å². The summed E-state index contributed by atoms with van der Waals surface area (Å²) in [5, 5.41) is 10.7. The lowest BCUT2D eigenvalue weighted by molar-refractivity contribution is 0.296. The predicted molar refractivity (Wildman–Crippen MR) is 111 cm³/mol. The third-order valence-electron chi connectivity index (χ3n) is 4.57. The van der Waals surface area contributed by atoms with Crippen molar-refractivity contribution in [2.45, 2.75) is 53.2 Å². The molecule has 1 heterocycles. The average Bonchev–Trinajstić information content (AvgIpc) is 3.16. The molecule has 2 N–H and O–H groups in total. The lowest BCUT2D eigenvalue weighted by Crippen LogP contribution is -2.36. The summed E-state index contributed by atoms with van der Waals surface area (Å²) >= 11 is 0. The second-order valence-corrected chi connectivity index (χ2v) is 6.93. The highest BCUT2D eigenvalue weighted by molar-refractivity contribution is 5.79. The SMILES string of the molecule is CCN(CC)Cc1cccc(CNC(=NC)NCc2cc(C(C)C)no2)c1. The molecule has 2 rings (SSSR count). The average molecular weight is 372 g/mol. The smallest absolute Gasteiger partial charge is 0.191 e. The molecule has 0 aliphatic heterocycles. The van der Waals surface area contributed by atoms with E-state index in [0.717, 1.165) is 43.6 Å². The third kappa shape index (κ3) is 6.71. The monoisotopic (exact) mass is 371 g/mol. The van der Waals surface area contributed by atoms with Crippen LogP contribution in [0.15, 0.2) is 39.8 Å². The summed E-state index contributed by atoms with van der Waals surface area (Å²) in [6.07, 6.45) is 0. The highest BCUT2D eigenvalue weighted by Gasteiger charge is 2.08. The van der Waals surface area contributed by atoms with Gasteiger partial charge in [-0.15, -0.1) is 0 Å². The van der Waals surface area contributed by atoms with E-state index < -0.39 is 0 Å². The maximum absolute atomic E-state index is 5.36. The maximum Gasteiger partial charge on any atom is 0.191 e. The zero-order valence-electron chi connectivity index (χ0n) is 17.2. The van der Waals surface area contributed by atoms with Gasteiger partial charge in [0.2, 0.25) is 0 Å². The summed E-state index contributed by atoms with van der Waals surface area (Å²) in [6.45, 7) is 13.0. The largest absolute Gasteiger partial charge is 0.359 e. The minimum Gasteiger partial charge on any atom is -0.359 e. The van der Waals surface area contributed by atoms with Crippen LogP contribution in [0.2, 0.25) is 0 Å². The number of guanidine groups is 1. The molecule has 2 aromatic rings. The predicted octanol–water partition coefficient (Wildman–Crippen LogP) is 3.51. The van der Waals surface area contributed by atoms with Gasteiger partial charge in [0.25, 0.3) is 0 Å². The van der Waals surface area contributed by atoms with Crippen LogP contribution in [0.4, 0.5) is 0 Å². The Hall–Kier alpha value is -2.34. The van der Waals surface area contributed by atoms with E-state index in [9.17, 15) is 0 Å². The first kappa shape index (κ1) is 21.0. The first-order chi connectivity index (χ1) is 13.0. The Bertz CT molecular complexity index is 719. The second-order valence-electron chi connectivity index (χ2n) is 6.93. The molecule has 27 heavy (non-hydrogen) atoms. The Balaban J connectivity index is 1.86. The molecule has 0 unspecified atom stereocenters. The first-order valence-corrected chi connectivity index (χ1v) is 9.75. The molecule has 6 nitrogen and oxygen atoms in total. The van der Waals surface area contributed by atoms with Crippen molar-refractivity contribution in [2.24, 2.45) is 4.99 Å². The Labute approximate surface area is 163 Å². The summed E-state index contributed by atoms with van der Waals surface area (Å²) in [4.78, 5) is 6.69. The number of rotatable bonds is 9. The number of hydrogen-bond acceptors (Lipinski definition) is 4. The molecule has 0 atom stereocenters. The summed E-state index contributed by atoms with van der Waals surface area (Å²) in [5.41, 5.74) is 3.55. The van der Waals surface area contributed by atoms with E-state index in [4.69, 9.17) is 4.52 Å². The minimum absolute atomic E-state index is 0.364. The van der Waals surface area contributed by atoms with Crippen LogP contribution >= 0.6 is 0 Å². The summed E-state index contributed by atoms with van der Waals surface area (Å²) in [7, 11) is 1.77. The number of hydrogen-bond donors (Lipinski definition) is 2. The standard InChI is InChI=1S/C21H33N5O/c1-6-26(7-2)15-18-10-8-9-17(11-18)13-23-21(22-5)24-14-19-12-20(16(3)4)25-27-19/h8-12,16H,6-7,13-15H2,1-5H3,(H2,22,23,24). The maximum atomic E-state index is 5.36. The van der Waals surface area contributed by atoms with Gasteiger partial charge in [0.1, 0.15) is 0 Å². The molecule has 1 aromatic carbocycles. The van der Waals surface area contributed by atoms with Crippen LogP contribution in [0.5, 0.6) is 0 Å². The molecule has 0 amide bonds. The van der Waals surface area contributed by atoms with E-state index >= 15 is 0 Å². The quantitative estimate of drug-likeness (QED) is 0.522. The fraction of sp³-hybridized carbons (Fsp3) is 0.524. The molecule has 1 aromatic heterocycles. The molecule has 0 spiro atoms. The molecule has 0 aliphatic carbocycles. The van der Waals surface area contributed by atoms with Gasteiger partial charge >= 0.3 is 0 Å². The Kier molecular flexibility index (Phi) is 8.33. The van der Waals surface area contributed by atoms with Crippen molar-refractivity contribution in [3.05, 3.63) is 52.9 Å². The number of aromatic nitrogens is 1.